The van der Waals surface area contributed by atoms with E-state index >= 15 is 0 Å². The Hall–Kier alpha value is -1.06. The van der Waals surface area contributed by atoms with Crippen molar-refractivity contribution in [1.29, 1.82) is 0 Å². The molecule has 0 bridgehead atoms. The Morgan fingerprint density at radius 2 is 2.24 bits per heavy atom. The minimum atomic E-state index is 0.425. The van der Waals surface area contributed by atoms with Crippen molar-refractivity contribution >= 4 is 5.69 Å². The van der Waals surface area contributed by atoms with Crippen LogP contribution < -0.4 is 10.6 Å². The summed E-state index contributed by atoms with van der Waals surface area (Å²) in [4.78, 5) is 2.46. The van der Waals surface area contributed by atoms with Gasteiger partial charge in [0.1, 0.15) is 0 Å². The average Bonchev–Trinajstić information content (AvgIpc) is 2.34. The van der Waals surface area contributed by atoms with Gasteiger partial charge in [-0.15, -0.1) is 0 Å². The normalized spacial score (nSPS) is 20.6. The van der Waals surface area contributed by atoms with Gasteiger partial charge in [0, 0.05) is 12.2 Å². The molecular formula is C14H22N2O. The van der Waals surface area contributed by atoms with Gasteiger partial charge >= 0.3 is 0 Å². The second-order valence-corrected chi connectivity index (χ2v) is 4.79. The molecule has 17 heavy (non-hydrogen) atoms. The summed E-state index contributed by atoms with van der Waals surface area (Å²) in [5.74, 6) is 0. The Kier molecular flexibility index (Phi) is 4.02. The molecule has 0 aliphatic carbocycles. The van der Waals surface area contributed by atoms with Gasteiger partial charge in [0.2, 0.25) is 0 Å². The highest BCUT2D eigenvalue weighted by molar-refractivity contribution is 5.56. The SMILES string of the molecule is Cc1ccc(C)c(N2CCOCC2CCN)c1. The predicted molar refractivity (Wildman–Crippen MR) is 71.5 cm³/mol. The highest BCUT2D eigenvalue weighted by atomic mass is 16.5. The van der Waals surface area contributed by atoms with Gasteiger partial charge in [-0.05, 0) is 44.0 Å². The number of ether oxygens (including phenoxy) is 1. The van der Waals surface area contributed by atoms with E-state index < -0.39 is 0 Å². The van der Waals surface area contributed by atoms with Gasteiger partial charge in [0.05, 0.1) is 19.3 Å². The van der Waals surface area contributed by atoms with Gasteiger partial charge < -0.3 is 15.4 Å². The second kappa shape index (κ2) is 5.52. The van der Waals surface area contributed by atoms with Crippen molar-refractivity contribution in [3.05, 3.63) is 29.3 Å². The maximum atomic E-state index is 5.69. The summed E-state index contributed by atoms with van der Waals surface area (Å²) in [5.41, 5.74) is 9.67. The van der Waals surface area contributed by atoms with Crippen LogP contribution >= 0.6 is 0 Å². The van der Waals surface area contributed by atoms with E-state index in [1.165, 1.54) is 16.8 Å². The lowest BCUT2D eigenvalue weighted by Crippen LogP contribution is -2.46. The smallest absolute Gasteiger partial charge is 0.0671 e. The van der Waals surface area contributed by atoms with Gasteiger partial charge in [0.25, 0.3) is 0 Å². The van der Waals surface area contributed by atoms with E-state index in [1.807, 2.05) is 0 Å². The number of hydrogen-bond donors (Lipinski definition) is 1. The average molecular weight is 234 g/mol. The van der Waals surface area contributed by atoms with Crippen LogP contribution in [0.15, 0.2) is 18.2 Å². The van der Waals surface area contributed by atoms with Crippen LogP contribution in [0.3, 0.4) is 0 Å². The zero-order valence-corrected chi connectivity index (χ0v) is 10.8. The fourth-order valence-electron chi connectivity index (χ4n) is 2.43. The molecule has 0 spiro atoms. The van der Waals surface area contributed by atoms with E-state index in [-0.39, 0.29) is 0 Å². The van der Waals surface area contributed by atoms with E-state index in [0.717, 1.165) is 32.7 Å². The molecule has 1 fully saturated rings. The Bertz CT molecular complexity index is 376. The van der Waals surface area contributed by atoms with E-state index in [1.54, 1.807) is 0 Å². The van der Waals surface area contributed by atoms with Crippen LogP contribution in [0.1, 0.15) is 17.5 Å². The molecule has 1 saturated heterocycles. The molecule has 1 unspecified atom stereocenters. The lowest BCUT2D eigenvalue weighted by atomic mass is 10.1. The van der Waals surface area contributed by atoms with Gasteiger partial charge in [0.15, 0.2) is 0 Å². The monoisotopic (exact) mass is 234 g/mol. The standard InChI is InChI=1S/C14H22N2O/c1-11-3-4-12(2)14(9-11)16-7-8-17-10-13(16)5-6-15/h3-4,9,13H,5-8,10,15H2,1-2H3. The van der Waals surface area contributed by atoms with Crippen molar-refractivity contribution in [2.75, 3.05) is 31.2 Å². The molecule has 1 atom stereocenters. The summed E-state index contributed by atoms with van der Waals surface area (Å²) < 4.78 is 5.56. The van der Waals surface area contributed by atoms with E-state index in [2.05, 4.69) is 36.9 Å². The number of hydrogen-bond acceptors (Lipinski definition) is 3. The number of benzene rings is 1. The van der Waals surface area contributed by atoms with Gasteiger partial charge in [-0.1, -0.05) is 12.1 Å². The first-order valence-electron chi connectivity index (χ1n) is 6.34. The minimum Gasteiger partial charge on any atom is -0.377 e. The van der Waals surface area contributed by atoms with E-state index in [4.69, 9.17) is 10.5 Å². The first-order valence-corrected chi connectivity index (χ1v) is 6.34. The third-order valence-corrected chi connectivity index (χ3v) is 3.40. The summed E-state index contributed by atoms with van der Waals surface area (Å²) in [5, 5.41) is 0. The van der Waals surface area contributed by atoms with E-state index in [0.29, 0.717) is 6.04 Å². The number of aryl methyl sites for hydroxylation is 2. The number of rotatable bonds is 3. The van der Waals surface area contributed by atoms with E-state index in [9.17, 15) is 0 Å². The van der Waals surface area contributed by atoms with Crippen LogP contribution in [-0.2, 0) is 4.74 Å². The molecule has 0 amide bonds. The van der Waals surface area contributed by atoms with Crippen LogP contribution in [0, 0.1) is 13.8 Å². The molecule has 94 valence electrons. The summed E-state index contributed by atoms with van der Waals surface area (Å²) in [7, 11) is 0. The van der Waals surface area contributed by atoms with Crippen molar-refractivity contribution < 1.29 is 4.74 Å². The zero-order valence-electron chi connectivity index (χ0n) is 10.8. The maximum absolute atomic E-state index is 5.69. The van der Waals surface area contributed by atoms with Crippen LogP contribution in [0.4, 0.5) is 5.69 Å². The van der Waals surface area contributed by atoms with Crippen molar-refractivity contribution in [3.8, 4) is 0 Å². The lowest BCUT2D eigenvalue weighted by molar-refractivity contribution is 0.0922. The zero-order chi connectivity index (χ0) is 12.3. The molecule has 3 nitrogen and oxygen atoms in total. The number of anilines is 1. The van der Waals surface area contributed by atoms with Crippen LogP contribution in [0.5, 0.6) is 0 Å². The molecule has 2 rings (SSSR count). The third-order valence-electron chi connectivity index (χ3n) is 3.40. The van der Waals surface area contributed by atoms with Crippen molar-refractivity contribution in [2.45, 2.75) is 26.3 Å². The van der Waals surface area contributed by atoms with Crippen molar-refractivity contribution in [1.82, 2.24) is 0 Å². The number of nitrogens with two attached hydrogens (primary N) is 1. The number of nitrogens with zero attached hydrogens (tertiary/aromatic N) is 1. The van der Waals surface area contributed by atoms with Gasteiger partial charge in [-0.25, -0.2) is 0 Å². The van der Waals surface area contributed by atoms with Crippen LogP contribution in [0.25, 0.3) is 0 Å². The first-order chi connectivity index (χ1) is 8.22. The molecular weight excluding hydrogens is 212 g/mol. The topological polar surface area (TPSA) is 38.5 Å². The Balaban J connectivity index is 2.25. The molecule has 1 aromatic rings. The third kappa shape index (κ3) is 2.79. The highest BCUT2D eigenvalue weighted by Gasteiger charge is 2.23. The quantitative estimate of drug-likeness (QED) is 0.867. The van der Waals surface area contributed by atoms with Crippen LogP contribution in [-0.4, -0.2) is 32.3 Å². The van der Waals surface area contributed by atoms with Crippen LogP contribution in [0.2, 0.25) is 0 Å². The molecule has 1 aliphatic heterocycles. The Morgan fingerprint density at radius 1 is 1.41 bits per heavy atom. The number of morpholine rings is 1. The fourth-order valence-corrected chi connectivity index (χ4v) is 2.43. The Morgan fingerprint density at radius 3 is 3.00 bits per heavy atom. The molecule has 1 heterocycles. The minimum absolute atomic E-state index is 0.425. The molecule has 1 aromatic carbocycles. The largest absolute Gasteiger partial charge is 0.377 e. The Labute approximate surface area is 104 Å². The molecule has 2 N–H and O–H groups in total. The maximum Gasteiger partial charge on any atom is 0.0671 e. The van der Waals surface area contributed by atoms with Gasteiger partial charge in [-0.3, -0.25) is 0 Å². The predicted octanol–water partition coefficient (Wildman–Crippen LogP) is 1.86. The molecule has 0 aromatic heterocycles. The fraction of sp³-hybridized carbons (Fsp3) is 0.571. The van der Waals surface area contributed by atoms with Crippen molar-refractivity contribution in [3.63, 3.8) is 0 Å². The molecule has 0 radical (unpaired) electrons. The summed E-state index contributed by atoms with van der Waals surface area (Å²) in [6, 6.07) is 7.05. The molecule has 0 saturated carbocycles. The molecule has 1 aliphatic rings. The van der Waals surface area contributed by atoms with Gasteiger partial charge in [-0.2, -0.15) is 0 Å². The second-order valence-electron chi connectivity index (χ2n) is 4.79. The van der Waals surface area contributed by atoms with Crippen molar-refractivity contribution in [2.24, 2.45) is 5.73 Å². The lowest BCUT2D eigenvalue weighted by Gasteiger charge is -2.38. The summed E-state index contributed by atoms with van der Waals surface area (Å²) in [6.45, 7) is 7.61. The molecule has 3 heteroatoms. The first kappa shape index (κ1) is 12.4. The highest BCUT2D eigenvalue weighted by Crippen LogP contribution is 2.26. The summed E-state index contributed by atoms with van der Waals surface area (Å²) in [6.07, 6.45) is 0.993. The summed E-state index contributed by atoms with van der Waals surface area (Å²) >= 11 is 0.